The van der Waals surface area contributed by atoms with E-state index >= 15 is 0 Å². The van der Waals surface area contributed by atoms with Gasteiger partial charge in [0.05, 0.1) is 7.11 Å². The highest BCUT2D eigenvalue weighted by atomic mass is 16.5. The van der Waals surface area contributed by atoms with Gasteiger partial charge in [0.2, 0.25) is 0 Å². The van der Waals surface area contributed by atoms with Crippen LogP contribution < -0.4 is 10.2 Å². The van der Waals surface area contributed by atoms with Crippen molar-refractivity contribution in [3.8, 4) is 5.75 Å². The first-order chi connectivity index (χ1) is 8.85. The molecule has 1 N–H and O–H groups in total. The number of methoxy groups -OCH3 is 1. The fraction of sp³-hybridized carbons (Fsp3) is 0.333. The lowest BCUT2D eigenvalue weighted by atomic mass is 9.76. The Balaban J connectivity index is 1.58. The van der Waals surface area contributed by atoms with Gasteiger partial charge in [-0.3, -0.25) is 4.68 Å². The first kappa shape index (κ1) is 11.2. The Morgan fingerprint density at radius 1 is 1.17 bits per heavy atom. The molecule has 1 aromatic heterocycles. The zero-order chi connectivity index (χ0) is 12.4. The van der Waals surface area contributed by atoms with E-state index in [-0.39, 0.29) is 0 Å². The summed E-state index contributed by atoms with van der Waals surface area (Å²) < 4.78 is 7.30. The lowest BCUT2D eigenvalue weighted by molar-refractivity contribution is 0.350. The average Bonchev–Trinajstić information content (AvgIpc) is 2.86. The smallest absolute Gasteiger partial charge is 0.119 e. The molecule has 1 aliphatic carbocycles. The predicted molar refractivity (Wildman–Crippen MR) is 72.5 cm³/mol. The van der Waals surface area contributed by atoms with Gasteiger partial charge in [0.15, 0.2) is 0 Å². The molecule has 0 aliphatic heterocycles. The minimum atomic E-state index is 0.577. The van der Waals surface area contributed by atoms with Crippen molar-refractivity contribution in [2.24, 2.45) is 0 Å². The van der Waals surface area contributed by atoms with Gasteiger partial charge in [0.1, 0.15) is 5.75 Å². The van der Waals surface area contributed by atoms with Crippen LogP contribution in [0, 0.1) is 0 Å². The summed E-state index contributed by atoms with van der Waals surface area (Å²) in [7, 11) is 1.72. The van der Waals surface area contributed by atoms with E-state index in [0.29, 0.717) is 12.0 Å². The molecule has 0 amide bonds. The summed E-state index contributed by atoms with van der Waals surface area (Å²) in [5.74, 6) is 1.61. The summed E-state index contributed by atoms with van der Waals surface area (Å²) >= 11 is 0. The normalized spacial score (nSPS) is 22.3. The third-order valence-corrected chi connectivity index (χ3v) is 3.64. The van der Waals surface area contributed by atoms with Gasteiger partial charge >= 0.3 is 0 Å². The Morgan fingerprint density at radius 2 is 1.94 bits per heavy atom. The van der Waals surface area contributed by atoms with Crippen molar-refractivity contribution in [2.45, 2.75) is 24.8 Å². The highest BCUT2D eigenvalue weighted by Crippen LogP contribution is 2.38. The van der Waals surface area contributed by atoms with Crippen LogP contribution in [0.3, 0.4) is 0 Å². The Bertz CT molecular complexity index is 501. The number of nitrogens with one attached hydrogen (secondary N) is 1. The zero-order valence-corrected chi connectivity index (χ0v) is 10.5. The highest BCUT2D eigenvalue weighted by Gasteiger charge is 2.30. The van der Waals surface area contributed by atoms with E-state index < -0.39 is 0 Å². The van der Waals surface area contributed by atoms with Gasteiger partial charge in [-0.25, -0.2) is 0 Å². The number of ether oxygens (including phenoxy) is 1. The van der Waals surface area contributed by atoms with Crippen molar-refractivity contribution < 1.29 is 4.74 Å². The molecule has 94 valence electrons. The van der Waals surface area contributed by atoms with Gasteiger partial charge in [-0.2, -0.15) is 0 Å². The van der Waals surface area contributed by atoms with Crippen molar-refractivity contribution in [1.29, 1.82) is 0 Å². The van der Waals surface area contributed by atoms with Crippen LogP contribution >= 0.6 is 0 Å². The molecule has 0 radical (unpaired) electrons. The van der Waals surface area contributed by atoms with Crippen LogP contribution in [0.15, 0.2) is 48.8 Å². The van der Waals surface area contributed by atoms with Crippen molar-refractivity contribution in [2.75, 3.05) is 12.5 Å². The van der Waals surface area contributed by atoms with Crippen LogP contribution in [0.5, 0.6) is 5.75 Å². The Kier molecular flexibility index (Phi) is 2.97. The molecule has 1 heterocycles. The summed E-state index contributed by atoms with van der Waals surface area (Å²) in [6.45, 7) is 0. The van der Waals surface area contributed by atoms with Crippen LogP contribution in [-0.2, 0) is 0 Å². The van der Waals surface area contributed by atoms with Gasteiger partial charge in [0, 0.05) is 18.4 Å². The summed E-state index contributed by atoms with van der Waals surface area (Å²) in [5, 5.41) is 0. The monoisotopic (exact) mass is 242 g/mol. The second-order valence-corrected chi connectivity index (χ2v) is 4.86. The van der Waals surface area contributed by atoms with Crippen LogP contribution in [0.4, 0.5) is 0 Å². The molecule has 3 nitrogen and oxygen atoms in total. The first-order valence-corrected chi connectivity index (χ1v) is 6.38. The topological polar surface area (TPSA) is 26.2 Å². The predicted octanol–water partition coefficient (Wildman–Crippen LogP) is 2.99. The van der Waals surface area contributed by atoms with Crippen molar-refractivity contribution in [3.05, 3.63) is 54.4 Å². The average molecular weight is 242 g/mol. The molecule has 0 bridgehead atoms. The van der Waals surface area contributed by atoms with E-state index in [4.69, 9.17) is 4.74 Å². The third kappa shape index (κ3) is 2.21. The molecule has 3 heteroatoms. The van der Waals surface area contributed by atoms with Crippen molar-refractivity contribution in [1.82, 2.24) is 4.68 Å². The molecule has 0 atom stereocenters. The Morgan fingerprint density at radius 3 is 2.67 bits per heavy atom. The van der Waals surface area contributed by atoms with Crippen LogP contribution in [0.25, 0.3) is 0 Å². The number of benzene rings is 1. The van der Waals surface area contributed by atoms with Gasteiger partial charge in [-0.1, -0.05) is 12.1 Å². The van der Waals surface area contributed by atoms with Crippen LogP contribution in [0.1, 0.15) is 24.3 Å². The summed E-state index contributed by atoms with van der Waals surface area (Å²) in [4.78, 5) is 0. The van der Waals surface area contributed by atoms with Crippen molar-refractivity contribution >= 4 is 0 Å². The van der Waals surface area contributed by atoms with E-state index in [1.165, 1.54) is 18.4 Å². The number of hydrogen-bond acceptors (Lipinski definition) is 2. The largest absolute Gasteiger partial charge is 0.497 e. The standard InChI is InChI=1S/C15H18N2O/c1-18-15-6-4-5-12(11-15)13-9-14(10-13)16-17-7-2-3-8-17/h2-8,11,13-14,16H,9-10H2,1H3. The highest BCUT2D eigenvalue weighted by molar-refractivity contribution is 5.32. The maximum Gasteiger partial charge on any atom is 0.119 e. The fourth-order valence-electron chi connectivity index (χ4n) is 2.52. The quantitative estimate of drug-likeness (QED) is 0.892. The molecule has 0 spiro atoms. The molecule has 3 rings (SSSR count). The molecular formula is C15H18N2O. The number of hydrogen-bond donors (Lipinski definition) is 1. The second kappa shape index (κ2) is 4.77. The summed E-state index contributed by atoms with van der Waals surface area (Å²) in [6, 6.07) is 13.1. The van der Waals surface area contributed by atoms with Crippen molar-refractivity contribution in [3.63, 3.8) is 0 Å². The number of aromatic nitrogens is 1. The number of rotatable bonds is 4. The number of nitrogens with zero attached hydrogens (tertiary/aromatic N) is 1. The maximum atomic E-state index is 5.27. The van der Waals surface area contributed by atoms with Gasteiger partial charge in [0.25, 0.3) is 0 Å². The molecular weight excluding hydrogens is 224 g/mol. The first-order valence-electron chi connectivity index (χ1n) is 6.38. The van der Waals surface area contributed by atoms with Gasteiger partial charge in [-0.05, 0) is 48.6 Å². The summed E-state index contributed by atoms with van der Waals surface area (Å²) in [5.41, 5.74) is 4.86. The molecule has 0 saturated heterocycles. The minimum absolute atomic E-state index is 0.577. The van der Waals surface area contributed by atoms with E-state index in [0.717, 1.165) is 5.75 Å². The molecule has 1 saturated carbocycles. The molecule has 1 fully saturated rings. The molecule has 18 heavy (non-hydrogen) atoms. The molecule has 0 unspecified atom stereocenters. The molecule has 1 aliphatic rings. The van der Waals surface area contributed by atoms with E-state index in [2.05, 4.69) is 23.6 Å². The lowest BCUT2D eigenvalue weighted by Crippen LogP contribution is -2.38. The minimum Gasteiger partial charge on any atom is -0.497 e. The lowest BCUT2D eigenvalue weighted by Gasteiger charge is -2.37. The molecule has 2 aromatic rings. The van der Waals surface area contributed by atoms with E-state index in [1.807, 2.05) is 35.3 Å². The SMILES string of the molecule is COc1cccc(C2CC(Nn3cccc3)C2)c1. The van der Waals surface area contributed by atoms with Crippen LogP contribution in [0.2, 0.25) is 0 Å². The van der Waals surface area contributed by atoms with Gasteiger partial charge < -0.3 is 10.2 Å². The maximum absolute atomic E-state index is 5.27. The van der Waals surface area contributed by atoms with Gasteiger partial charge in [-0.15, -0.1) is 0 Å². The summed E-state index contributed by atoms with van der Waals surface area (Å²) in [6.07, 6.45) is 6.45. The van der Waals surface area contributed by atoms with E-state index in [1.54, 1.807) is 7.11 Å². The van der Waals surface area contributed by atoms with Crippen LogP contribution in [-0.4, -0.2) is 17.8 Å². The fourth-order valence-corrected chi connectivity index (χ4v) is 2.52. The third-order valence-electron chi connectivity index (χ3n) is 3.64. The zero-order valence-electron chi connectivity index (χ0n) is 10.5. The Labute approximate surface area is 107 Å². The Hall–Kier alpha value is -1.90. The second-order valence-electron chi connectivity index (χ2n) is 4.86. The van der Waals surface area contributed by atoms with E-state index in [9.17, 15) is 0 Å². The molecule has 1 aromatic carbocycles.